The molecule has 3 rings (SSSR count). The summed E-state index contributed by atoms with van der Waals surface area (Å²) in [6.45, 7) is 3.92. The van der Waals surface area contributed by atoms with E-state index < -0.39 is 0 Å². The Hall–Kier alpha value is -2.19. The van der Waals surface area contributed by atoms with Gasteiger partial charge in [0.2, 0.25) is 5.13 Å². The van der Waals surface area contributed by atoms with Crippen molar-refractivity contribution in [3.05, 3.63) is 47.8 Å². The molecule has 0 radical (unpaired) electrons. The van der Waals surface area contributed by atoms with Crippen LogP contribution in [0.1, 0.15) is 23.0 Å². The lowest BCUT2D eigenvalue weighted by Gasteiger charge is -2.05. The van der Waals surface area contributed by atoms with Crippen molar-refractivity contribution in [2.75, 3.05) is 11.1 Å². The predicted molar refractivity (Wildman–Crippen MR) is 92.6 cm³/mol. The Labute approximate surface area is 141 Å². The quantitative estimate of drug-likeness (QED) is 0.567. The van der Waals surface area contributed by atoms with Gasteiger partial charge in [0.15, 0.2) is 4.34 Å². The molecule has 1 aromatic carbocycles. The highest BCUT2D eigenvalue weighted by Gasteiger charge is 2.17. The molecule has 0 fully saturated rings. The number of nitrogens with one attached hydrogen (secondary N) is 1. The van der Waals surface area contributed by atoms with Gasteiger partial charge in [0, 0.05) is 0 Å². The summed E-state index contributed by atoms with van der Waals surface area (Å²) in [6, 6.07) is 9.70. The van der Waals surface area contributed by atoms with Crippen LogP contribution in [0.25, 0.3) is 5.69 Å². The SMILES string of the molecule is CCSc1nnc(NC(=O)c2cnn(-c3ccccc3)c2C)s1. The van der Waals surface area contributed by atoms with E-state index >= 15 is 0 Å². The highest BCUT2D eigenvalue weighted by molar-refractivity contribution is 8.01. The molecule has 0 unspecified atom stereocenters. The molecule has 23 heavy (non-hydrogen) atoms. The molecule has 1 amide bonds. The fourth-order valence-electron chi connectivity index (χ4n) is 2.07. The zero-order chi connectivity index (χ0) is 16.2. The average Bonchev–Trinajstić information content (AvgIpc) is 3.15. The van der Waals surface area contributed by atoms with E-state index in [1.807, 2.05) is 44.2 Å². The van der Waals surface area contributed by atoms with E-state index in [0.29, 0.717) is 10.7 Å². The largest absolute Gasteiger partial charge is 0.296 e. The standard InChI is InChI=1S/C15H15N5OS2/c1-3-22-15-19-18-14(23-15)17-13(21)12-9-16-20(10(12)2)11-7-5-4-6-8-11/h4-9H,3H2,1-2H3,(H,17,18,21). The Morgan fingerprint density at radius 3 is 2.83 bits per heavy atom. The number of aromatic nitrogens is 4. The lowest BCUT2D eigenvalue weighted by Crippen LogP contribution is -2.13. The van der Waals surface area contributed by atoms with E-state index in [9.17, 15) is 4.79 Å². The molecule has 0 aliphatic carbocycles. The highest BCUT2D eigenvalue weighted by atomic mass is 32.2. The van der Waals surface area contributed by atoms with Crippen LogP contribution in [0.2, 0.25) is 0 Å². The van der Waals surface area contributed by atoms with Gasteiger partial charge in [-0.2, -0.15) is 5.10 Å². The number of benzene rings is 1. The summed E-state index contributed by atoms with van der Waals surface area (Å²) in [5.41, 5.74) is 2.22. The first-order valence-corrected chi connectivity index (χ1v) is 8.87. The summed E-state index contributed by atoms with van der Waals surface area (Å²) >= 11 is 2.97. The van der Waals surface area contributed by atoms with Gasteiger partial charge in [-0.3, -0.25) is 10.1 Å². The van der Waals surface area contributed by atoms with E-state index in [2.05, 4.69) is 20.6 Å². The van der Waals surface area contributed by atoms with Crippen molar-refractivity contribution in [3.8, 4) is 5.69 Å². The van der Waals surface area contributed by atoms with Crippen LogP contribution in [0.15, 0.2) is 40.9 Å². The van der Waals surface area contributed by atoms with Crippen LogP contribution in [0, 0.1) is 6.92 Å². The molecule has 0 saturated heterocycles. The molecule has 0 aliphatic rings. The first-order chi connectivity index (χ1) is 11.2. The molecule has 0 aliphatic heterocycles. The predicted octanol–water partition coefficient (Wildman–Crippen LogP) is 3.40. The van der Waals surface area contributed by atoms with Gasteiger partial charge < -0.3 is 0 Å². The molecule has 2 heterocycles. The second kappa shape index (κ2) is 6.93. The number of amides is 1. The molecule has 2 aromatic heterocycles. The van der Waals surface area contributed by atoms with Crippen LogP contribution in [-0.4, -0.2) is 31.6 Å². The maximum Gasteiger partial charge on any atom is 0.260 e. The second-order valence-electron chi connectivity index (χ2n) is 4.65. The Balaban J connectivity index is 1.79. The number of thioether (sulfide) groups is 1. The monoisotopic (exact) mass is 345 g/mol. The van der Waals surface area contributed by atoms with Crippen LogP contribution in [0.3, 0.4) is 0 Å². The van der Waals surface area contributed by atoms with Crippen LogP contribution < -0.4 is 5.32 Å². The van der Waals surface area contributed by atoms with Gasteiger partial charge in [0.25, 0.3) is 5.91 Å². The Bertz CT molecular complexity index is 812. The van der Waals surface area contributed by atoms with E-state index in [-0.39, 0.29) is 5.91 Å². The van der Waals surface area contributed by atoms with Gasteiger partial charge in [-0.15, -0.1) is 10.2 Å². The van der Waals surface area contributed by atoms with Crippen molar-refractivity contribution in [1.82, 2.24) is 20.0 Å². The zero-order valence-corrected chi connectivity index (χ0v) is 14.3. The summed E-state index contributed by atoms with van der Waals surface area (Å²) in [5, 5.41) is 15.6. The molecule has 6 nitrogen and oxygen atoms in total. The van der Waals surface area contributed by atoms with Gasteiger partial charge in [0.05, 0.1) is 23.1 Å². The van der Waals surface area contributed by atoms with E-state index in [1.54, 1.807) is 22.6 Å². The van der Waals surface area contributed by atoms with Crippen LogP contribution >= 0.6 is 23.1 Å². The summed E-state index contributed by atoms with van der Waals surface area (Å²) in [7, 11) is 0. The number of rotatable bonds is 5. The molecular formula is C15H15N5OS2. The molecule has 0 atom stereocenters. The lowest BCUT2D eigenvalue weighted by molar-refractivity contribution is 0.102. The Morgan fingerprint density at radius 2 is 2.09 bits per heavy atom. The number of nitrogens with zero attached hydrogens (tertiary/aromatic N) is 4. The minimum Gasteiger partial charge on any atom is -0.296 e. The van der Waals surface area contributed by atoms with Crippen LogP contribution in [0.5, 0.6) is 0 Å². The van der Waals surface area contributed by atoms with Crippen molar-refractivity contribution in [3.63, 3.8) is 0 Å². The first kappa shape index (κ1) is 15.7. The molecular weight excluding hydrogens is 330 g/mol. The fraction of sp³-hybridized carbons (Fsp3) is 0.200. The Kier molecular flexibility index (Phi) is 4.73. The van der Waals surface area contributed by atoms with Gasteiger partial charge in [0.1, 0.15) is 0 Å². The maximum absolute atomic E-state index is 12.4. The minimum absolute atomic E-state index is 0.228. The van der Waals surface area contributed by atoms with Gasteiger partial charge in [-0.25, -0.2) is 4.68 Å². The third-order valence-corrected chi connectivity index (χ3v) is 5.00. The van der Waals surface area contributed by atoms with Gasteiger partial charge in [-0.1, -0.05) is 48.2 Å². The van der Waals surface area contributed by atoms with Crippen molar-refractivity contribution in [2.24, 2.45) is 0 Å². The van der Waals surface area contributed by atoms with E-state index in [4.69, 9.17) is 0 Å². The number of carbonyl (C=O) groups is 1. The summed E-state index contributed by atoms with van der Waals surface area (Å²) in [4.78, 5) is 12.4. The average molecular weight is 345 g/mol. The number of hydrogen-bond donors (Lipinski definition) is 1. The fourth-order valence-corrected chi connectivity index (χ4v) is 3.71. The molecule has 0 spiro atoms. The summed E-state index contributed by atoms with van der Waals surface area (Å²) in [5.74, 6) is 0.694. The third kappa shape index (κ3) is 3.43. The Morgan fingerprint density at radius 1 is 1.30 bits per heavy atom. The first-order valence-electron chi connectivity index (χ1n) is 7.06. The molecule has 118 valence electrons. The van der Waals surface area contributed by atoms with Crippen LogP contribution in [-0.2, 0) is 0 Å². The number of carbonyl (C=O) groups excluding carboxylic acids is 1. The molecule has 8 heteroatoms. The number of anilines is 1. The molecule has 0 bridgehead atoms. The van der Waals surface area contributed by atoms with Crippen molar-refractivity contribution in [1.29, 1.82) is 0 Å². The van der Waals surface area contributed by atoms with Crippen molar-refractivity contribution < 1.29 is 4.79 Å². The molecule has 3 aromatic rings. The maximum atomic E-state index is 12.4. The summed E-state index contributed by atoms with van der Waals surface area (Å²) in [6.07, 6.45) is 1.57. The molecule has 0 saturated carbocycles. The van der Waals surface area contributed by atoms with Crippen molar-refractivity contribution >= 4 is 34.1 Å². The smallest absolute Gasteiger partial charge is 0.260 e. The lowest BCUT2D eigenvalue weighted by atomic mass is 10.2. The number of hydrogen-bond acceptors (Lipinski definition) is 6. The van der Waals surface area contributed by atoms with Gasteiger partial charge >= 0.3 is 0 Å². The number of para-hydroxylation sites is 1. The van der Waals surface area contributed by atoms with Crippen LogP contribution in [0.4, 0.5) is 5.13 Å². The normalized spacial score (nSPS) is 10.7. The van der Waals surface area contributed by atoms with Crippen molar-refractivity contribution in [2.45, 2.75) is 18.2 Å². The summed E-state index contributed by atoms with van der Waals surface area (Å²) < 4.78 is 2.59. The highest BCUT2D eigenvalue weighted by Crippen LogP contribution is 2.25. The second-order valence-corrected chi connectivity index (χ2v) is 7.14. The van der Waals surface area contributed by atoms with E-state index in [0.717, 1.165) is 21.5 Å². The minimum atomic E-state index is -0.228. The van der Waals surface area contributed by atoms with Gasteiger partial charge in [-0.05, 0) is 24.8 Å². The zero-order valence-electron chi connectivity index (χ0n) is 12.7. The topological polar surface area (TPSA) is 72.7 Å². The third-order valence-electron chi connectivity index (χ3n) is 3.15. The molecule has 1 N–H and O–H groups in total. The van der Waals surface area contributed by atoms with E-state index in [1.165, 1.54) is 11.3 Å².